The van der Waals surface area contributed by atoms with Gasteiger partial charge in [0.15, 0.2) is 11.6 Å². The van der Waals surface area contributed by atoms with E-state index in [2.05, 4.69) is 14.1 Å². The molecule has 1 aliphatic carbocycles. The van der Waals surface area contributed by atoms with Crippen LogP contribution in [0.1, 0.15) is 37.2 Å². The fourth-order valence-electron chi connectivity index (χ4n) is 3.68. The van der Waals surface area contributed by atoms with Crippen molar-refractivity contribution in [2.24, 2.45) is 0 Å². The molecule has 0 radical (unpaired) electrons. The van der Waals surface area contributed by atoms with E-state index in [1.54, 1.807) is 0 Å². The number of anilines is 1. The third-order valence-electron chi connectivity index (χ3n) is 5.07. The molecule has 0 unspecified atom stereocenters. The summed E-state index contributed by atoms with van der Waals surface area (Å²) < 4.78 is 65.7. The summed E-state index contributed by atoms with van der Waals surface area (Å²) in [5.41, 5.74) is 1.09. The Labute approximate surface area is 177 Å². The maximum Gasteiger partial charge on any atom is 0.266 e. The molecule has 1 aromatic heterocycles. The quantitative estimate of drug-likeness (QED) is 0.586. The fourth-order valence-corrected chi connectivity index (χ4v) is 5.41. The summed E-state index contributed by atoms with van der Waals surface area (Å²) in [4.78, 5) is 2.87. The largest absolute Gasteiger partial charge is 0.487 e. The first kappa shape index (κ1) is 20.7. The van der Waals surface area contributed by atoms with Crippen LogP contribution < -0.4 is 9.46 Å². The molecule has 158 valence electrons. The Kier molecular flexibility index (Phi) is 5.96. The zero-order valence-corrected chi connectivity index (χ0v) is 17.4. The minimum atomic E-state index is -4.35. The van der Waals surface area contributed by atoms with Gasteiger partial charge in [-0.2, -0.15) is 4.37 Å². The van der Waals surface area contributed by atoms with Gasteiger partial charge in [-0.25, -0.2) is 22.2 Å². The van der Waals surface area contributed by atoms with E-state index in [9.17, 15) is 17.2 Å². The number of sulfonamides is 1. The number of halogens is 2. The summed E-state index contributed by atoms with van der Waals surface area (Å²) in [6.07, 6.45) is 4.39. The van der Waals surface area contributed by atoms with Crippen molar-refractivity contribution < 1.29 is 21.9 Å². The van der Waals surface area contributed by atoms with Crippen LogP contribution in [0.3, 0.4) is 0 Å². The van der Waals surface area contributed by atoms with E-state index in [4.69, 9.17) is 4.74 Å². The molecule has 6 nitrogen and oxygen atoms in total. The van der Waals surface area contributed by atoms with Crippen LogP contribution in [-0.4, -0.2) is 23.9 Å². The highest BCUT2D eigenvalue weighted by Gasteiger charge is 2.30. The first-order valence-corrected chi connectivity index (χ1v) is 11.7. The van der Waals surface area contributed by atoms with Crippen molar-refractivity contribution >= 4 is 26.7 Å². The number of rotatable bonds is 6. The normalized spacial score (nSPS) is 19.4. The molecule has 2 atom stereocenters. The van der Waals surface area contributed by atoms with Gasteiger partial charge < -0.3 is 4.74 Å². The molecule has 1 N–H and O–H groups in total. The van der Waals surface area contributed by atoms with Crippen molar-refractivity contribution in [1.29, 1.82) is 0 Å². The van der Waals surface area contributed by atoms with Crippen molar-refractivity contribution in [3.05, 3.63) is 66.0 Å². The molecule has 1 saturated carbocycles. The number of hydrogen-bond donors (Lipinski definition) is 1. The van der Waals surface area contributed by atoms with E-state index in [1.807, 2.05) is 30.3 Å². The summed E-state index contributed by atoms with van der Waals surface area (Å²) in [5, 5.41) is -0.0388. The van der Waals surface area contributed by atoms with Gasteiger partial charge in [0.05, 0.1) is 0 Å². The number of ether oxygens (including phenoxy) is 1. The van der Waals surface area contributed by atoms with E-state index in [0.29, 0.717) is 12.5 Å². The molecule has 0 bridgehead atoms. The Balaban J connectivity index is 1.58. The van der Waals surface area contributed by atoms with Crippen LogP contribution in [0.15, 0.2) is 53.7 Å². The maximum absolute atomic E-state index is 14.7. The number of aromatic nitrogens is 2. The molecule has 10 heteroatoms. The molecule has 0 amide bonds. The molecule has 1 heterocycles. The van der Waals surface area contributed by atoms with Crippen LogP contribution in [-0.2, 0) is 10.0 Å². The van der Waals surface area contributed by atoms with Gasteiger partial charge in [0, 0.05) is 29.6 Å². The SMILES string of the molecule is O=S(=O)(Nc1ncns1)c1cc(F)c(O[C@@H]2CCCC[C@@H]2c2ccccc2)cc1F. The summed E-state index contributed by atoms with van der Waals surface area (Å²) in [5.74, 6) is -2.28. The van der Waals surface area contributed by atoms with Gasteiger partial charge in [-0.1, -0.05) is 36.8 Å². The summed E-state index contributed by atoms with van der Waals surface area (Å²) in [6, 6.07) is 11.2. The molecule has 4 rings (SSSR count). The molecule has 1 fully saturated rings. The van der Waals surface area contributed by atoms with Crippen LogP contribution >= 0.6 is 11.5 Å². The van der Waals surface area contributed by atoms with E-state index in [1.165, 1.54) is 0 Å². The van der Waals surface area contributed by atoms with Crippen LogP contribution in [0.4, 0.5) is 13.9 Å². The lowest BCUT2D eigenvalue weighted by molar-refractivity contribution is 0.124. The molecule has 30 heavy (non-hydrogen) atoms. The van der Waals surface area contributed by atoms with E-state index in [0.717, 1.165) is 48.8 Å². The third kappa shape index (κ3) is 4.44. The Morgan fingerprint density at radius 1 is 1.07 bits per heavy atom. The van der Waals surface area contributed by atoms with Gasteiger partial charge in [0.1, 0.15) is 23.1 Å². The Bertz CT molecular complexity index is 1110. The number of nitrogens with one attached hydrogen (secondary N) is 1. The van der Waals surface area contributed by atoms with Gasteiger partial charge in [-0.3, -0.25) is 4.72 Å². The van der Waals surface area contributed by atoms with Gasteiger partial charge in [-0.05, 0) is 24.8 Å². The van der Waals surface area contributed by atoms with E-state index in [-0.39, 0.29) is 22.9 Å². The van der Waals surface area contributed by atoms with Gasteiger partial charge in [0.2, 0.25) is 5.13 Å². The van der Waals surface area contributed by atoms with Crippen molar-refractivity contribution in [2.45, 2.75) is 42.6 Å². The van der Waals surface area contributed by atoms with Gasteiger partial charge in [-0.15, -0.1) is 0 Å². The second kappa shape index (κ2) is 8.65. The molecular formula is C20H19F2N3O3S2. The number of nitrogens with zero attached hydrogens (tertiary/aromatic N) is 2. The standard InChI is InChI=1S/C20H19F2N3O3S2/c21-15-11-19(30(26,27)25-20-23-12-24-29-20)16(22)10-18(15)28-17-9-5-4-8-14(17)13-6-2-1-3-7-13/h1-3,6-7,10-12,14,17H,4-5,8-9H2,(H,23,24,25)/t14-,17-/m1/s1. The van der Waals surface area contributed by atoms with Gasteiger partial charge in [0.25, 0.3) is 10.0 Å². The lowest BCUT2D eigenvalue weighted by atomic mass is 9.81. The zero-order valence-electron chi connectivity index (χ0n) is 15.8. The van der Waals surface area contributed by atoms with Crippen molar-refractivity contribution in [2.75, 3.05) is 4.72 Å². The highest BCUT2D eigenvalue weighted by molar-refractivity contribution is 7.93. The Hall–Kier alpha value is -2.59. The summed E-state index contributed by atoms with van der Waals surface area (Å²) >= 11 is 0.787. The van der Waals surface area contributed by atoms with E-state index < -0.39 is 26.6 Å². The third-order valence-corrected chi connectivity index (χ3v) is 7.13. The molecule has 3 aromatic rings. The predicted molar refractivity (Wildman–Crippen MR) is 109 cm³/mol. The zero-order chi connectivity index (χ0) is 21.1. The number of benzene rings is 2. The van der Waals surface area contributed by atoms with Crippen molar-refractivity contribution in [3.63, 3.8) is 0 Å². The average molecular weight is 452 g/mol. The van der Waals surface area contributed by atoms with Crippen LogP contribution in [0.2, 0.25) is 0 Å². The highest BCUT2D eigenvalue weighted by Crippen LogP contribution is 2.37. The number of hydrogen-bond acceptors (Lipinski definition) is 6. The van der Waals surface area contributed by atoms with Crippen molar-refractivity contribution in [1.82, 2.24) is 9.36 Å². The first-order chi connectivity index (χ1) is 14.4. The molecular weight excluding hydrogens is 432 g/mol. The monoisotopic (exact) mass is 451 g/mol. The van der Waals surface area contributed by atoms with Crippen molar-refractivity contribution in [3.8, 4) is 5.75 Å². The summed E-state index contributed by atoms with van der Waals surface area (Å²) in [7, 11) is -4.35. The van der Waals surface area contributed by atoms with Gasteiger partial charge >= 0.3 is 0 Å². The molecule has 2 aromatic carbocycles. The highest BCUT2D eigenvalue weighted by atomic mass is 32.2. The second-order valence-electron chi connectivity index (χ2n) is 7.02. The lowest BCUT2D eigenvalue weighted by Crippen LogP contribution is -2.29. The summed E-state index contributed by atoms with van der Waals surface area (Å²) in [6.45, 7) is 0. The minimum Gasteiger partial charge on any atom is -0.487 e. The molecule has 0 saturated heterocycles. The topological polar surface area (TPSA) is 81.2 Å². The fraction of sp³-hybridized carbons (Fsp3) is 0.300. The molecule has 1 aliphatic rings. The Morgan fingerprint density at radius 3 is 2.57 bits per heavy atom. The first-order valence-electron chi connectivity index (χ1n) is 9.44. The molecule has 0 spiro atoms. The predicted octanol–water partition coefficient (Wildman–Crippen LogP) is 4.72. The maximum atomic E-state index is 14.7. The van der Waals surface area contributed by atoms with Crippen LogP contribution in [0.5, 0.6) is 5.75 Å². The minimum absolute atomic E-state index is 0.0388. The average Bonchev–Trinajstić information content (AvgIpc) is 3.23. The lowest BCUT2D eigenvalue weighted by Gasteiger charge is -2.32. The molecule has 0 aliphatic heterocycles. The Morgan fingerprint density at radius 2 is 1.83 bits per heavy atom. The van der Waals surface area contributed by atoms with E-state index >= 15 is 0 Å². The second-order valence-corrected chi connectivity index (χ2v) is 9.45. The van der Waals surface area contributed by atoms with Crippen LogP contribution in [0.25, 0.3) is 0 Å². The smallest absolute Gasteiger partial charge is 0.266 e. The van der Waals surface area contributed by atoms with Crippen LogP contribution in [0, 0.1) is 11.6 Å².